The maximum absolute atomic E-state index is 13.0. The molecule has 0 aromatic heterocycles. The summed E-state index contributed by atoms with van der Waals surface area (Å²) in [7, 11) is 0. The van der Waals surface area contributed by atoms with E-state index in [9.17, 15) is 38.4 Å². The van der Waals surface area contributed by atoms with Crippen LogP contribution in [0.4, 0.5) is 0 Å². The maximum Gasteiger partial charge on any atom is 0.243 e. The van der Waals surface area contributed by atoms with Crippen molar-refractivity contribution in [2.24, 2.45) is 23.5 Å². The van der Waals surface area contributed by atoms with Crippen LogP contribution in [0.2, 0.25) is 0 Å². The molecule has 0 saturated heterocycles. The molecule has 1 rings (SSSR count). The van der Waals surface area contributed by atoms with Crippen molar-refractivity contribution in [1.82, 2.24) is 37.2 Å². The molecule has 9 N–H and O–H groups in total. The van der Waals surface area contributed by atoms with Crippen molar-refractivity contribution in [2.45, 2.75) is 104 Å². The molecule has 0 saturated carbocycles. The molecule has 7 atom stereocenters. The fraction of sp³-hybridized carbons (Fsp3) is 0.600. The second-order valence-corrected chi connectivity index (χ2v) is 13.3. The molecule has 0 aliphatic carbocycles. The van der Waals surface area contributed by atoms with Crippen LogP contribution in [-0.2, 0) is 44.8 Å². The zero-order valence-electron chi connectivity index (χ0n) is 30.8. The fourth-order valence-electron chi connectivity index (χ4n) is 4.75. The third kappa shape index (κ3) is 15.7. The van der Waals surface area contributed by atoms with Crippen LogP contribution in [0.3, 0.4) is 0 Å². The third-order valence-corrected chi connectivity index (χ3v) is 8.13. The quantitative estimate of drug-likeness (QED) is 0.0712. The molecule has 0 aliphatic heterocycles. The van der Waals surface area contributed by atoms with Crippen LogP contribution >= 0.6 is 0 Å². The lowest BCUT2D eigenvalue weighted by Crippen LogP contribution is -2.57. The SMILES string of the molecule is CC[C@H](C)[C@H](NC(=O)CNC(=O)[C@@H](NC(=O)[C@H](C)N)C(C)C)C(=O)NCC(=O)N[C@@H](C)C(=O)N[C@H](C(=O)N[C@H](C=O)Cc1ccccc1)C(C)C. The van der Waals surface area contributed by atoms with Gasteiger partial charge in [-0.3, -0.25) is 33.6 Å². The van der Waals surface area contributed by atoms with Gasteiger partial charge in [0.15, 0.2) is 0 Å². The van der Waals surface area contributed by atoms with Gasteiger partial charge in [-0.25, -0.2) is 0 Å². The van der Waals surface area contributed by atoms with Gasteiger partial charge in [0.25, 0.3) is 0 Å². The Kier molecular flexibility index (Phi) is 19.1. The van der Waals surface area contributed by atoms with Crippen molar-refractivity contribution in [2.75, 3.05) is 13.1 Å². The Morgan fingerprint density at radius 1 is 0.627 bits per heavy atom. The molecule has 1 aromatic carbocycles. The molecule has 0 radical (unpaired) electrons. The van der Waals surface area contributed by atoms with E-state index in [-0.39, 0.29) is 24.2 Å². The number of carbonyl (C=O) groups excluding carboxylic acids is 8. The van der Waals surface area contributed by atoms with Gasteiger partial charge in [-0.05, 0) is 43.6 Å². The average Bonchev–Trinajstić information content (AvgIpc) is 3.08. The van der Waals surface area contributed by atoms with Gasteiger partial charge in [0.05, 0.1) is 25.2 Å². The number of hydrogen-bond acceptors (Lipinski definition) is 9. The third-order valence-electron chi connectivity index (χ3n) is 8.13. The van der Waals surface area contributed by atoms with Crippen LogP contribution in [0.25, 0.3) is 0 Å². The molecule has 284 valence electrons. The van der Waals surface area contributed by atoms with Gasteiger partial charge in [0.2, 0.25) is 41.4 Å². The highest BCUT2D eigenvalue weighted by Gasteiger charge is 2.30. The molecule has 0 bridgehead atoms. The lowest BCUT2D eigenvalue weighted by Gasteiger charge is -2.26. The second-order valence-electron chi connectivity index (χ2n) is 13.3. The van der Waals surface area contributed by atoms with E-state index in [1.54, 1.807) is 34.6 Å². The summed E-state index contributed by atoms with van der Waals surface area (Å²) in [6, 6.07) is 3.45. The number of aldehydes is 1. The summed E-state index contributed by atoms with van der Waals surface area (Å²) in [6.07, 6.45) is 1.41. The van der Waals surface area contributed by atoms with Gasteiger partial charge in [-0.15, -0.1) is 0 Å². The number of amides is 7. The maximum atomic E-state index is 13.0. The highest BCUT2D eigenvalue weighted by molar-refractivity contribution is 5.95. The predicted octanol–water partition coefficient (Wildman–Crippen LogP) is -1.19. The second kappa shape index (κ2) is 22.1. The first-order valence-corrected chi connectivity index (χ1v) is 17.2. The molecule has 1 aromatic rings. The standard InChI is InChI=1S/C35H56N8O8/c1-9-21(6)30(41-27(46)17-37-33(49)28(19(2)3)42-31(47)22(7)36)34(50)38-16-26(45)39-23(8)32(48)43-29(20(4)5)35(51)40-25(18-44)15-24-13-11-10-12-14-24/h10-14,18-23,25,28-30H,9,15-17,36H2,1-8H3,(H,37,49)(H,38,50)(H,39,45)(H,40,51)(H,41,46)(H,42,47)(H,43,48)/t21-,22-,23-,25-,28-,29-,30-/m0/s1. The molecule has 16 nitrogen and oxygen atoms in total. The minimum absolute atomic E-state index is 0.278. The molecular formula is C35H56N8O8. The summed E-state index contributed by atoms with van der Waals surface area (Å²) >= 11 is 0. The summed E-state index contributed by atoms with van der Waals surface area (Å²) < 4.78 is 0. The summed E-state index contributed by atoms with van der Waals surface area (Å²) in [5.74, 6) is -5.34. The molecular weight excluding hydrogens is 660 g/mol. The zero-order chi connectivity index (χ0) is 38.8. The molecule has 0 fully saturated rings. The Balaban J connectivity index is 2.72. The summed E-state index contributed by atoms with van der Waals surface area (Å²) in [5, 5.41) is 17.8. The minimum Gasteiger partial charge on any atom is -0.345 e. The first-order valence-electron chi connectivity index (χ1n) is 17.2. The molecule has 51 heavy (non-hydrogen) atoms. The van der Waals surface area contributed by atoms with Crippen molar-refractivity contribution in [1.29, 1.82) is 0 Å². The lowest BCUT2D eigenvalue weighted by atomic mass is 9.98. The number of carbonyl (C=O) groups is 8. The predicted molar refractivity (Wildman–Crippen MR) is 190 cm³/mol. The minimum atomic E-state index is -1.09. The first kappa shape index (κ1) is 44.2. The summed E-state index contributed by atoms with van der Waals surface area (Å²) in [6.45, 7) is 12.3. The monoisotopic (exact) mass is 716 g/mol. The lowest BCUT2D eigenvalue weighted by molar-refractivity contribution is -0.134. The average molecular weight is 717 g/mol. The van der Waals surface area contributed by atoms with E-state index >= 15 is 0 Å². The van der Waals surface area contributed by atoms with Crippen LogP contribution in [0.1, 0.15) is 67.4 Å². The largest absolute Gasteiger partial charge is 0.345 e. The fourth-order valence-corrected chi connectivity index (χ4v) is 4.75. The molecule has 7 amide bonds. The van der Waals surface area contributed by atoms with Gasteiger partial charge >= 0.3 is 0 Å². The van der Waals surface area contributed by atoms with E-state index in [2.05, 4.69) is 37.2 Å². The van der Waals surface area contributed by atoms with Crippen LogP contribution in [0.5, 0.6) is 0 Å². The highest BCUT2D eigenvalue weighted by atomic mass is 16.2. The highest BCUT2D eigenvalue weighted by Crippen LogP contribution is 2.09. The number of hydrogen-bond donors (Lipinski definition) is 8. The number of rotatable bonds is 21. The van der Waals surface area contributed by atoms with Crippen LogP contribution in [0, 0.1) is 17.8 Å². The summed E-state index contributed by atoms with van der Waals surface area (Å²) in [5.41, 5.74) is 6.43. The molecule has 0 heterocycles. The number of nitrogens with one attached hydrogen (secondary N) is 7. The molecule has 0 aliphatic rings. The van der Waals surface area contributed by atoms with Gasteiger partial charge in [0.1, 0.15) is 30.5 Å². The zero-order valence-corrected chi connectivity index (χ0v) is 30.8. The topological polar surface area (TPSA) is 247 Å². The van der Waals surface area contributed by atoms with Crippen molar-refractivity contribution in [3.63, 3.8) is 0 Å². The van der Waals surface area contributed by atoms with E-state index in [0.29, 0.717) is 12.7 Å². The van der Waals surface area contributed by atoms with Crippen molar-refractivity contribution in [3.8, 4) is 0 Å². The van der Waals surface area contributed by atoms with Crippen LogP contribution in [0.15, 0.2) is 30.3 Å². The normalized spacial score (nSPS) is 15.1. The van der Waals surface area contributed by atoms with Crippen molar-refractivity contribution < 1.29 is 38.4 Å². The molecule has 16 heteroatoms. The van der Waals surface area contributed by atoms with Crippen LogP contribution in [-0.4, -0.2) is 97.0 Å². The van der Waals surface area contributed by atoms with Crippen molar-refractivity contribution in [3.05, 3.63) is 35.9 Å². The van der Waals surface area contributed by atoms with E-state index < -0.39 is 90.7 Å². The number of benzene rings is 1. The smallest absolute Gasteiger partial charge is 0.243 e. The van der Waals surface area contributed by atoms with E-state index in [1.165, 1.54) is 13.8 Å². The number of nitrogens with two attached hydrogens (primary N) is 1. The Morgan fingerprint density at radius 3 is 1.61 bits per heavy atom. The van der Waals surface area contributed by atoms with Gasteiger partial charge < -0.3 is 47.7 Å². The molecule has 0 spiro atoms. The van der Waals surface area contributed by atoms with Gasteiger partial charge in [0, 0.05) is 0 Å². The van der Waals surface area contributed by atoms with Crippen molar-refractivity contribution >= 4 is 47.6 Å². The Bertz CT molecular complexity index is 1350. The van der Waals surface area contributed by atoms with Gasteiger partial charge in [-0.1, -0.05) is 78.3 Å². The van der Waals surface area contributed by atoms with Crippen LogP contribution < -0.4 is 43.0 Å². The molecule has 0 unspecified atom stereocenters. The van der Waals surface area contributed by atoms with E-state index in [1.807, 2.05) is 37.3 Å². The van der Waals surface area contributed by atoms with E-state index in [0.717, 1.165) is 5.56 Å². The summed E-state index contributed by atoms with van der Waals surface area (Å²) in [4.78, 5) is 101. The first-order chi connectivity index (χ1) is 23.9. The Hall–Kier alpha value is -4.86. The Morgan fingerprint density at radius 2 is 1.12 bits per heavy atom. The Labute approximate surface area is 299 Å². The van der Waals surface area contributed by atoms with Gasteiger partial charge in [-0.2, -0.15) is 0 Å². The van der Waals surface area contributed by atoms with E-state index in [4.69, 9.17) is 5.73 Å².